The summed E-state index contributed by atoms with van der Waals surface area (Å²) >= 11 is 1.62. The van der Waals surface area contributed by atoms with Crippen LogP contribution in [0.2, 0.25) is 0 Å². The van der Waals surface area contributed by atoms with E-state index in [1.54, 1.807) is 35.6 Å². The van der Waals surface area contributed by atoms with Crippen LogP contribution in [-0.4, -0.2) is 81.9 Å². The van der Waals surface area contributed by atoms with Crippen molar-refractivity contribution >= 4 is 40.3 Å². The lowest BCUT2D eigenvalue weighted by molar-refractivity contribution is -0.140. The number of para-hydroxylation sites is 1. The van der Waals surface area contributed by atoms with Crippen molar-refractivity contribution in [1.82, 2.24) is 20.1 Å². The third-order valence-electron chi connectivity index (χ3n) is 11.4. The average Bonchev–Trinajstić information content (AvgIpc) is 3.89. The number of carbonyl (C=O) groups excluding carboxylic acids is 2. The maximum Gasteiger partial charge on any atom is 0.243 e. The van der Waals surface area contributed by atoms with Gasteiger partial charge in [0.15, 0.2) is 0 Å². The van der Waals surface area contributed by atoms with E-state index in [0.717, 1.165) is 71.2 Å². The number of allylic oxidation sites excluding steroid dienone is 5. The van der Waals surface area contributed by atoms with Crippen molar-refractivity contribution in [3.63, 3.8) is 0 Å². The standard InChI is InChI=1S/C46H51N7O3S/c1-29(2)43(46(56)53-20-8-12-41(53)45(55)50-30(3)32-14-16-33(17-15-32)44-31(4)49-28-57-44)35-9-7-10-36(25-35)51-21-23-52(24-22-51)37-19-18-34(39(47)27-37)26-40(48)38-11-5-6-13-42(38)54/h5-7,9-11,13-19,25-30,41,43,47-48,54H,8,12,20-24H2,1-4H3,(H,50,55)/p+1/b34-26-,47-39?,48-40?/t30-,41-,43+/m0/s1. The Kier molecular flexibility index (Phi) is 11.9. The quantitative estimate of drug-likeness (QED) is 0.134. The zero-order valence-corrected chi connectivity index (χ0v) is 33.9. The number of hydrogen-bond acceptors (Lipinski definition) is 8. The number of amides is 2. The topological polar surface area (TPSA) is 138 Å². The van der Waals surface area contributed by atoms with Gasteiger partial charge >= 0.3 is 0 Å². The van der Waals surface area contributed by atoms with Crippen molar-refractivity contribution in [2.45, 2.75) is 58.5 Å². The van der Waals surface area contributed by atoms with Crippen LogP contribution in [0, 0.1) is 18.3 Å². The van der Waals surface area contributed by atoms with E-state index in [-0.39, 0.29) is 35.4 Å². The lowest BCUT2D eigenvalue weighted by Crippen LogP contribution is -2.48. The van der Waals surface area contributed by atoms with E-state index >= 15 is 0 Å². The molecule has 2 aliphatic heterocycles. The summed E-state index contributed by atoms with van der Waals surface area (Å²) in [6.45, 7) is 11.9. The molecule has 3 heterocycles. The molecule has 3 aliphatic rings. The Hall–Kier alpha value is -5.81. The highest BCUT2D eigenvalue weighted by Gasteiger charge is 2.39. The van der Waals surface area contributed by atoms with Gasteiger partial charge in [0.2, 0.25) is 17.5 Å². The maximum atomic E-state index is 14.4. The third-order valence-corrected chi connectivity index (χ3v) is 12.3. The summed E-state index contributed by atoms with van der Waals surface area (Å²) in [5.41, 5.74) is 10.0. The molecule has 2 amide bonds. The molecule has 3 aromatic carbocycles. The van der Waals surface area contributed by atoms with Crippen LogP contribution >= 0.6 is 11.3 Å². The Labute approximate surface area is 339 Å². The molecule has 1 aliphatic carbocycles. The molecule has 7 rings (SSSR count). The average molecular weight is 783 g/mol. The van der Waals surface area contributed by atoms with Crippen molar-refractivity contribution in [2.24, 2.45) is 5.92 Å². The molecule has 0 unspecified atom stereocenters. The van der Waals surface area contributed by atoms with Crippen LogP contribution < -0.4 is 15.6 Å². The van der Waals surface area contributed by atoms with Gasteiger partial charge in [-0.2, -0.15) is 0 Å². The molecular formula is C46H52N7O3S+. The van der Waals surface area contributed by atoms with Gasteiger partial charge < -0.3 is 30.5 Å². The third kappa shape index (κ3) is 8.63. The number of nitrogens with one attached hydrogen (secondary N) is 2. The summed E-state index contributed by atoms with van der Waals surface area (Å²) < 4.78 is 0. The lowest BCUT2D eigenvalue weighted by Gasteiger charge is -2.38. The van der Waals surface area contributed by atoms with Gasteiger partial charge in [0.1, 0.15) is 11.8 Å². The number of phenolic OH excluding ortho intramolecular Hbond substituents is 1. The molecule has 5 N–H and O–H groups in total. The van der Waals surface area contributed by atoms with Gasteiger partial charge in [-0.05, 0) is 85.7 Å². The van der Waals surface area contributed by atoms with Gasteiger partial charge in [0.25, 0.3) is 0 Å². The Morgan fingerprint density at radius 2 is 1.68 bits per heavy atom. The number of nitrogens with zero attached hydrogens (tertiary/aromatic N) is 4. The molecule has 1 aromatic heterocycles. The van der Waals surface area contributed by atoms with Crippen molar-refractivity contribution < 1.29 is 20.1 Å². The summed E-state index contributed by atoms with van der Waals surface area (Å²) in [6, 6.07) is 22.8. The van der Waals surface area contributed by atoms with Crippen molar-refractivity contribution in [3.8, 4) is 16.2 Å². The lowest BCUT2D eigenvalue weighted by atomic mass is 9.86. The first-order valence-corrected chi connectivity index (χ1v) is 20.7. The van der Waals surface area contributed by atoms with Crippen molar-refractivity contribution in [2.75, 3.05) is 37.6 Å². The number of piperazine rings is 1. The van der Waals surface area contributed by atoms with Crippen LogP contribution in [-0.2, 0) is 9.59 Å². The molecule has 0 saturated carbocycles. The first-order chi connectivity index (χ1) is 27.5. The molecule has 2 fully saturated rings. The second-order valence-corrected chi connectivity index (χ2v) is 16.3. The van der Waals surface area contributed by atoms with E-state index in [1.165, 1.54) is 0 Å². The molecule has 3 atom stereocenters. The van der Waals surface area contributed by atoms with E-state index in [9.17, 15) is 14.7 Å². The molecule has 0 radical (unpaired) electrons. The molecule has 294 valence electrons. The fraction of sp³-hybridized carbons (Fsp3) is 0.326. The highest BCUT2D eigenvalue weighted by molar-refractivity contribution is 7.13. The van der Waals surface area contributed by atoms with Crippen molar-refractivity contribution in [3.05, 3.63) is 136 Å². The fourth-order valence-electron chi connectivity index (χ4n) is 8.16. The maximum absolute atomic E-state index is 14.4. The van der Waals surface area contributed by atoms with E-state index in [4.69, 9.17) is 10.8 Å². The number of phenols is 1. The van der Waals surface area contributed by atoms with Gasteiger partial charge in [-0.1, -0.05) is 68.5 Å². The molecule has 57 heavy (non-hydrogen) atoms. The Balaban J connectivity index is 0.968. The number of likely N-dealkylation sites (tertiary alicyclic amines) is 1. The fourth-order valence-corrected chi connectivity index (χ4v) is 8.97. The van der Waals surface area contributed by atoms with Crippen LogP contribution in [0.3, 0.4) is 0 Å². The number of nitrogens with two attached hydrogens (primary N) is 1. The van der Waals surface area contributed by atoms with E-state index in [2.05, 4.69) is 70.3 Å². The molecule has 0 bridgehead atoms. The molecular weight excluding hydrogens is 731 g/mol. The largest absolute Gasteiger partial charge is 0.507 e. The van der Waals surface area contributed by atoms with Gasteiger partial charge in [0, 0.05) is 55.8 Å². The monoisotopic (exact) mass is 782 g/mol. The Bertz CT molecular complexity index is 2250. The second kappa shape index (κ2) is 17.1. The summed E-state index contributed by atoms with van der Waals surface area (Å²) in [5.74, 6) is -0.323. The van der Waals surface area contributed by atoms with Crippen LogP contribution in [0.1, 0.15) is 68.0 Å². The molecule has 0 spiro atoms. The first kappa shape index (κ1) is 39.4. The number of rotatable bonds is 11. The van der Waals surface area contributed by atoms with Crippen LogP contribution in [0.15, 0.2) is 114 Å². The predicted octanol–water partition coefficient (Wildman–Crippen LogP) is 6.20. The number of thiazole rings is 1. The number of carbonyl (C=O) groups is 2. The normalized spacial score (nSPS) is 18.9. The Morgan fingerprint density at radius 3 is 2.37 bits per heavy atom. The van der Waals surface area contributed by atoms with Gasteiger partial charge in [-0.15, -0.1) is 11.3 Å². The number of anilines is 1. The summed E-state index contributed by atoms with van der Waals surface area (Å²) in [6.07, 6.45) is 8.97. The smallest absolute Gasteiger partial charge is 0.243 e. The Morgan fingerprint density at radius 1 is 0.947 bits per heavy atom. The van der Waals surface area contributed by atoms with E-state index in [0.29, 0.717) is 35.5 Å². The van der Waals surface area contributed by atoms with E-state index in [1.807, 2.05) is 60.7 Å². The zero-order chi connectivity index (χ0) is 40.2. The number of benzene rings is 3. The molecule has 4 aromatic rings. The highest BCUT2D eigenvalue weighted by atomic mass is 32.1. The van der Waals surface area contributed by atoms with Crippen LogP contribution in [0.4, 0.5) is 5.69 Å². The number of hydrogen-bond donors (Lipinski definition) is 4. The van der Waals surface area contributed by atoms with Gasteiger partial charge in [-0.25, -0.2) is 4.98 Å². The van der Waals surface area contributed by atoms with Crippen molar-refractivity contribution in [1.29, 1.82) is 5.41 Å². The number of aryl methyl sites for hydroxylation is 1. The second-order valence-electron chi connectivity index (χ2n) is 15.5. The number of aromatic hydroxyl groups is 1. The van der Waals surface area contributed by atoms with Gasteiger partial charge in [0.05, 0.1) is 39.3 Å². The van der Waals surface area contributed by atoms with Crippen LogP contribution in [0.25, 0.3) is 10.4 Å². The predicted molar refractivity (Wildman–Crippen MR) is 229 cm³/mol. The summed E-state index contributed by atoms with van der Waals surface area (Å²) in [5, 5.41) is 28.4. The minimum absolute atomic E-state index is 0.00775. The minimum Gasteiger partial charge on any atom is -0.507 e. The summed E-state index contributed by atoms with van der Waals surface area (Å²) in [7, 11) is 0. The molecule has 11 heteroatoms. The molecule has 10 nitrogen and oxygen atoms in total. The first-order valence-electron chi connectivity index (χ1n) is 19.8. The van der Waals surface area contributed by atoms with E-state index < -0.39 is 6.04 Å². The minimum atomic E-state index is -0.500. The van der Waals surface area contributed by atoms with Crippen LogP contribution in [0.5, 0.6) is 5.75 Å². The zero-order valence-electron chi connectivity index (χ0n) is 33.1. The SMILES string of the molecule is Cc1ncsc1-c1ccc([C@H](C)NC(=O)[C@@H]2CCCN2C(=O)[C@@H](c2cccc(N3CCN(C4=CC(=N)/C(=C\C(=[NH2+])c5ccccc5O)C=C4)CC3)c2)C(C)C)cc1. The molecule has 2 saturated heterocycles. The van der Waals surface area contributed by atoms with Gasteiger partial charge in [-0.3, -0.25) is 15.0 Å². The highest BCUT2D eigenvalue weighted by Crippen LogP contribution is 2.34. The number of aromatic nitrogens is 1. The summed E-state index contributed by atoms with van der Waals surface area (Å²) in [4.78, 5) is 40.1.